The first-order valence-electron chi connectivity index (χ1n) is 7.34. The van der Waals surface area contributed by atoms with Crippen molar-refractivity contribution in [3.63, 3.8) is 0 Å². The van der Waals surface area contributed by atoms with Crippen molar-refractivity contribution in [2.75, 3.05) is 20.0 Å². The Labute approximate surface area is 143 Å². The molecule has 4 rings (SSSR count). The second-order valence-corrected chi connectivity index (χ2v) is 6.68. The monoisotopic (exact) mass is 350 g/mol. The number of thioether (sulfide) groups is 1. The van der Waals surface area contributed by atoms with E-state index in [9.17, 15) is 0 Å². The predicted molar refractivity (Wildman–Crippen MR) is 90.0 cm³/mol. The average molecular weight is 351 g/mol. The zero-order chi connectivity index (χ0) is 15.6. The molecular weight excluding hydrogens is 336 g/mol. The number of hydrogen-bond acceptors (Lipinski definition) is 5. The van der Waals surface area contributed by atoms with Crippen molar-refractivity contribution in [1.29, 1.82) is 0 Å². The van der Waals surface area contributed by atoms with Gasteiger partial charge in [-0.3, -0.25) is 0 Å². The molecule has 0 aromatic heterocycles. The van der Waals surface area contributed by atoms with E-state index in [2.05, 4.69) is 6.07 Å². The lowest BCUT2D eigenvalue weighted by molar-refractivity contribution is 0.171. The van der Waals surface area contributed by atoms with E-state index in [0.717, 1.165) is 34.3 Å². The Morgan fingerprint density at radius 1 is 0.826 bits per heavy atom. The standard InChI is InChI=1S/C17H15ClO4S/c18-13-5-12(7-16-17(13)20-4-3-19-16)9-23-8-11-1-2-14-15(6-11)22-10-21-14/h1-2,5-7H,3-4,8-10H2. The fraction of sp³-hybridized carbons (Fsp3) is 0.294. The third-order valence-corrected chi connectivity index (χ3v) is 4.99. The second kappa shape index (κ2) is 6.42. The van der Waals surface area contributed by atoms with Gasteiger partial charge >= 0.3 is 0 Å². The molecule has 120 valence electrons. The lowest BCUT2D eigenvalue weighted by Crippen LogP contribution is -2.15. The highest BCUT2D eigenvalue weighted by Crippen LogP contribution is 2.39. The summed E-state index contributed by atoms with van der Waals surface area (Å²) in [7, 11) is 0. The fourth-order valence-corrected chi connectivity index (χ4v) is 3.77. The van der Waals surface area contributed by atoms with Crippen LogP contribution in [-0.4, -0.2) is 20.0 Å². The number of benzene rings is 2. The van der Waals surface area contributed by atoms with E-state index in [1.807, 2.05) is 36.0 Å². The van der Waals surface area contributed by atoms with Crippen molar-refractivity contribution in [3.05, 3.63) is 46.5 Å². The molecule has 0 radical (unpaired) electrons. The lowest BCUT2D eigenvalue weighted by atomic mass is 10.2. The summed E-state index contributed by atoms with van der Waals surface area (Å²) in [6.45, 7) is 1.42. The van der Waals surface area contributed by atoms with E-state index >= 15 is 0 Å². The van der Waals surface area contributed by atoms with Gasteiger partial charge in [-0.1, -0.05) is 17.7 Å². The predicted octanol–water partition coefficient (Wildman–Crippen LogP) is 4.27. The van der Waals surface area contributed by atoms with Gasteiger partial charge in [0.25, 0.3) is 0 Å². The summed E-state index contributed by atoms with van der Waals surface area (Å²) >= 11 is 8.08. The Kier molecular flexibility index (Phi) is 4.14. The molecule has 0 aliphatic carbocycles. The molecule has 0 atom stereocenters. The van der Waals surface area contributed by atoms with Crippen LogP contribution in [-0.2, 0) is 11.5 Å². The van der Waals surface area contributed by atoms with E-state index in [0.29, 0.717) is 30.8 Å². The molecule has 0 amide bonds. The molecular formula is C17H15ClO4S. The second-order valence-electron chi connectivity index (χ2n) is 5.28. The third-order valence-electron chi connectivity index (χ3n) is 3.63. The number of hydrogen-bond donors (Lipinski definition) is 0. The van der Waals surface area contributed by atoms with Crippen LogP contribution in [0.3, 0.4) is 0 Å². The van der Waals surface area contributed by atoms with Crippen LogP contribution in [0.4, 0.5) is 0 Å². The summed E-state index contributed by atoms with van der Waals surface area (Å²) in [5.74, 6) is 4.78. The average Bonchev–Trinajstić information content (AvgIpc) is 3.03. The van der Waals surface area contributed by atoms with E-state index < -0.39 is 0 Å². The largest absolute Gasteiger partial charge is 0.486 e. The molecule has 4 nitrogen and oxygen atoms in total. The molecule has 0 spiro atoms. The van der Waals surface area contributed by atoms with Gasteiger partial charge in [0.2, 0.25) is 6.79 Å². The molecule has 0 bridgehead atoms. The highest BCUT2D eigenvalue weighted by molar-refractivity contribution is 7.97. The summed E-state index contributed by atoms with van der Waals surface area (Å²) < 4.78 is 21.9. The summed E-state index contributed by atoms with van der Waals surface area (Å²) in [4.78, 5) is 0. The zero-order valence-electron chi connectivity index (χ0n) is 12.3. The molecule has 0 fully saturated rings. The Morgan fingerprint density at radius 3 is 2.57 bits per heavy atom. The van der Waals surface area contributed by atoms with Gasteiger partial charge in [-0.05, 0) is 35.4 Å². The number of rotatable bonds is 4. The van der Waals surface area contributed by atoms with Gasteiger partial charge in [-0.2, -0.15) is 11.8 Å². The van der Waals surface area contributed by atoms with Crippen LogP contribution in [0, 0.1) is 0 Å². The van der Waals surface area contributed by atoms with Crippen LogP contribution in [0.1, 0.15) is 11.1 Å². The Balaban J connectivity index is 1.40. The highest BCUT2D eigenvalue weighted by Gasteiger charge is 2.17. The van der Waals surface area contributed by atoms with Crippen molar-refractivity contribution < 1.29 is 18.9 Å². The Morgan fingerprint density at radius 2 is 1.61 bits per heavy atom. The first-order valence-corrected chi connectivity index (χ1v) is 8.87. The molecule has 0 unspecified atom stereocenters. The minimum absolute atomic E-state index is 0.307. The minimum Gasteiger partial charge on any atom is -0.486 e. The summed E-state index contributed by atoms with van der Waals surface area (Å²) in [6.07, 6.45) is 0. The Hall–Kier alpha value is -1.72. The fourth-order valence-electron chi connectivity index (χ4n) is 2.57. The maximum absolute atomic E-state index is 6.26. The molecule has 23 heavy (non-hydrogen) atoms. The van der Waals surface area contributed by atoms with Crippen LogP contribution in [0.25, 0.3) is 0 Å². The van der Waals surface area contributed by atoms with Gasteiger partial charge in [0, 0.05) is 11.5 Å². The molecule has 0 saturated carbocycles. The molecule has 2 aromatic carbocycles. The molecule has 2 heterocycles. The highest BCUT2D eigenvalue weighted by atomic mass is 35.5. The van der Waals surface area contributed by atoms with Gasteiger partial charge < -0.3 is 18.9 Å². The van der Waals surface area contributed by atoms with Gasteiger partial charge in [0.1, 0.15) is 13.2 Å². The molecule has 0 N–H and O–H groups in total. The van der Waals surface area contributed by atoms with Crippen molar-refractivity contribution in [2.45, 2.75) is 11.5 Å². The number of halogens is 1. The SMILES string of the molecule is Clc1cc(CSCc2ccc3c(c2)OCO3)cc2c1OCCO2. The van der Waals surface area contributed by atoms with Crippen LogP contribution < -0.4 is 18.9 Å². The van der Waals surface area contributed by atoms with Crippen LogP contribution in [0.15, 0.2) is 30.3 Å². The van der Waals surface area contributed by atoms with Gasteiger partial charge in [0.05, 0.1) is 5.02 Å². The third kappa shape index (κ3) is 3.16. The maximum atomic E-state index is 6.26. The van der Waals surface area contributed by atoms with Crippen molar-refractivity contribution in [1.82, 2.24) is 0 Å². The molecule has 2 aliphatic heterocycles. The van der Waals surface area contributed by atoms with Gasteiger partial charge in [-0.25, -0.2) is 0 Å². The Bertz CT molecular complexity index is 735. The van der Waals surface area contributed by atoms with Gasteiger partial charge in [0.15, 0.2) is 23.0 Å². The first kappa shape index (κ1) is 14.8. The molecule has 2 aliphatic rings. The summed E-state index contributed by atoms with van der Waals surface area (Å²) in [6, 6.07) is 10.0. The number of fused-ring (bicyclic) bond motifs is 2. The van der Waals surface area contributed by atoms with E-state index in [4.69, 9.17) is 30.5 Å². The van der Waals surface area contributed by atoms with Crippen LogP contribution in [0.5, 0.6) is 23.0 Å². The lowest BCUT2D eigenvalue weighted by Gasteiger charge is -2.20. The molecule has 2 aromatic rings. The summed E-state index contributed by atoms with van der Waals surface area (Å²) in [5, 5.41) is 0.612. The smallest absolute Gasteiger partial charge is 0.231 e. The first-order chi connectivity index (χ1) is 11.3. The van der Waals surface area contributed by atoms with Crippen molar-refractivity contribution in [2.24, 2.45) is 0 Å². The van der Waals surface area contributed by atoms with Crippen molar-refractivity contribution >= 4 is 23.4 Å². The normalized spacial score (nSPS) is 14.8. The number of ether oxygens (including phenoxy) is 4. The van der Waals surface area contributed by atoms with E-state index in [1.165, 1.54) is 5.56 Å². The maximum Gasteiger partial charge on any atom is 0.231 e. The topological polar surface area (TPSA) is 36.9 Å². The van der Waals surface area contributed by atoms with Crippen molar-refractivity contribution in [3.8, 4) is 23.0 Å². The van der Waals surface area contributed by atoms with E-state index in [-0.39, 0.29) is 0 Å². The molecule has 6 heteroatoms. The van der Waals surface area contributed by atoms with Crippen LogP contribution >= 0.6 is 23.4 Å². The van der Waals surface area contributed by atoms with Gasteiger partial charge in [-0.15, -0.1) is 0 Å². The zero-order valence-corrected chi connectivity index (χ0v) is 13.9. The quantitative estimate of drug-likeness (QED) is 0.823. The van der Waals surface area contributed by atoms with Crippen LogP contribution in [0.2, 0.25) is 5.02 Å². The van der Waals surface area contributed by atoms with E-state index in [1.54, 1.807) is 0 Å². The molecule has 0 saturated heterocycles. The summed E-state index contributed by atoms with van der Waals surface area (Å²) in [5.41, 5.74) is 2.34. The minimum atomic E-state index is 0.307.